The fourth-order valence-electron chi connectivity index (χ4n) is 7.29. The summed E-state index contributed by atoms with van der Waals surface area (Å²) in [7, 11) is 0. The highest BCUT2D eigenvalue weighted by atomic mass is 19.4. The van der Waals surface area contributed by atoms with E-state index < -0.39 is 17.2 Å². The summed E-state index contributed by atoms with van der Waals surface area (Å²) >= 11 is 0. The van der Waals surface area contributed by atoms with Gasteiger partial charge >= 0.3 is 6.18 Å². The molecule has 1 saturated carbocycles. The molecule has 2 aliphatic carbocycles. The first kappa shape index (κ1) is 27.1. The summed E-state index contributed by atoms with van der Waals surface area (Å²) < 4.78 is 40.0. The highest BCUT2D eigenvalue weighted by molar-refractivity contribution is 5.84. The second-order valence-corrected chi connectivity index (χ2v) is 12.2. The van der Waals surface area contributed by atoms with Crippen LogP contribution in [0.25, 0.3) is 11.1 Å². The number of halogens is 3. The minimum absolute atomic E-state index is 0.106. The Hall–Kier alpha value is -3.12. The van der Waals surface area contributed by atoms with Gasteiger partial charge in [0, 0.05) is 25.2 Å². The van der Waals surface area contributed by atoms with Crippen LogP contribution in [-0.2, 0) is 30.4 Å². The van der Waals surface area contributed by atoms with E-state index in [0.29, 0.717) is 18.5 Å². The molecule has 6 rings (SSSR count). The first-order valence-electron chi connectivity index (χ1n) is 14.6. The van der Waals surface area contributed by atoms with E-state index in [2.05, 4.69) is 61.6 Å². The molecule has 0 radical (unpaired) electrons. The van der Waals surface area contributed by atoms with Crippen molar-refractivity contribution in [2.24, 2.45) is 11.3 Å². The highest BCUT2D eigenvalue weighted by Gasteiger charge is 2.50. The molecule has 0 bridgehead atoms. The van der Waals surface area contributed by atoms with E-state index >= 15 is 0 Å². The largest absolute Gasteiger partial charge is 0.416 e. The highest BCUT2D eigenvalue weighted by Crippen LogP contribution is 2.48. The predicted octanol–water partition coefficient (Wildman–Crippen LogP) is 7.73. The van der Waals surface area contributed by atoms with Gasteiger partial charge in [-0.2, -0.15) is 13.2 Å². The van der Waals surface area contributed by atoms with Crippen molar-refractivity contribution in [3.05, 3.63) is 94.5 Å². The summed E-state index contributed by atoms with van der Waals surface area (Å²) in [5, 5.41) is 3.90. The molecule has 0 spiro atoms. The van der Waals surface area contributed by atoms with Crippen molar-refractivity contribution in [1.82, 2.24) is 10.2 Å². The molecule has 0 saturated heterocycles. The van der Waals surface area contributed by atoms with E-state index in [1.165, 1.54) is 28.3 Å². The number of aryl methyl sites for hydroxylation is 1. The molecule has 210 valence electrons. The van der Waals surface area contributed by atoms with Crippen LogP contribution in [0.1, 0.15) is 73.4 Å². The number of hydrogen-bond acceptors (Lipinski definition) is 2. The van der Waals surface area contributed by atoms with E-state index in [-0.39, 0.29) is 30.5 Å². The van der Waals surface area contributed by atoms with E-state index in [0.717, 1.165) is 43.7 Å². The number of hydrogen-bond donors (Lipinski definition) is 1. The quantitative estimate of drug-likeness (QED) is 0.355. The SMILES string of the molecule is CC(C)[C@]1(C(=O)N2CCc3ccc(C(F)(F)F)cc3C2)CC[C@@H](NC2CCc3cc(-c4ccccc4)ccc32)C1. The Morgan fingerprint density at radius 2 is 1.73 bits per heavy atom. The van der Waals surface area contributed by atoms with Crippen molar-refractivity contribution >= 4 is 5.91 Å². The second-order valence-electron chi connectivity index (χ2n) is 12.2. The van der Waals surface area contributed by atoms with Gasteiger partial charge in [-0.15, -0.1) is 0 Å². The molecule has 1 aliphatic heterocycles. The third-order valence-corrected chi connectivity index (χ3v) is 9.68. The number of nitrogens with one attached hydrogen (secondary N) is 1. The van der Waals surface area contributed by atoms with Crippen molar-refractivity contribution in [3.63, 3.8) is 0 Å². The van der Waals surface area contributed by atoms with Crippen molar-refractivity contribution in [2.75, 3.05) is 6.54 Å². The Labute approximate surface area is 234 Å². The molecular weight excluding hydrogens is 509 g/mol. The maximum atomic E-state index is 14.1. The molecule has 3 aliphatic rings. The van der Waals surface area contributed by atoms with Gasteiger partial charge in [0.25, 0.3) is 0 Å². The van der Waals surface area contributed by atoms with Gasteiger partial charge in [0.2, 0.25) is 5.91 Å². The van der Waals surface area contributed by atoms with E-state index in [1.807, 2.05) is 11.0 Å². The number of carbonyl (C=O) groups is 1. The summed E-state index contributed by atoms with van der Waals surface area (Å²) in [4.78, 5) is 15.9. The second kappa shape index (κ2) is 10.4. The Morgan fingerprint density at radius 3 is 2.48 bits per heavy atom. The first-order valence-corrected chi connectivity index (χ1v) is 14.6. The van der Waals surface area contributed by atoms with Crippen LogP contribution < -0.4 is 5.32 Å². The number of rotatable bonds is 5. The molecule has 3 aromatic carbocycles. The van der Waals surface area contributed by atoms with Crippen molar-refractivity contribution in [3.8, 4) is 11.1 Å². The molecule has 1 heterocycles. The summed E-state index contributed by atoms with van der Waals surface area (Å²) in [6, 6.07) is 21.7. The Bertz CT molecular complexity index is 1400. The van der Waals surface area contributed by atoms with Gasteiger partial charge in [-0.3, -0.25) is 4.79 Å². The average Bonchev–Trinajstić information content (AvgIpc) is 3.57. The monoisotopic (exact) mass is 546 g/mol. The lowest BCUT2D eigenvalue weighted by atomic mass is 9.73. The number of amides is 1. The third-order valence-electron chi connectivity index (χ3n) is 9.68. The molecule has 0 aromatic heterocycles. The molecule has 6 heteroatoms. The van der Waals surface area contributed by atoms with Crippen LogP contribution in [-0.4, -0.2) is 23.4 Å². The van der Waals surface area contributed by atoms with Crippen molar-refractivity contribution in [1.29, 1.82) is 0 Å². The third kappa shape index (κ3) is 4.96. The van der Waals surface area contributed by atoms with Crippen LogP contribution in [0.5, 0.6) is 0 Å². The van der Waals surface area contributed by atoms with Gasteiger partial charge in [-0.05, 0) is 90.0 Å². The van der Waals surface area contributed by atoms with Gasteiger partial charge in [-0.1, -0.05) is 68.4 Å². The predicted molar refractivity (Wildman–Crippen MR) is 152 cm³/mol. The van der Waals surface area contributed by atoms with Gasteiger partial charge in [0.1, 0.15) is 0 Å². The smallest absolute Gasteiger partial charge is 0.338 e. The zero-order valence-corrected chi connectivity index (χ0v) is 23.2. The lowest BCUT2D eigenvalue weighted by Crippen LogP contribution is -2.48. The number of carbonyl (C=O) groups excluding carboxylic acids is 1. The number of nitrogens with zero attached hydrogens (tertiary/aromatic N) is 1. The van der Waals surface area contributed by atoms with Crippen molar-refractivity contribution in [2.45, 2.75) is 77.2 Å². The molecule has 40 heavy (non-hydrogen) atoms. The minimum atomic E-state index is -4.38. The number of benzene rings is 3. The summed E-state index contributed by atoms with van der Waals surface area (Å²) in [6.45, 7) is 5.06. The lowest BCUT2D eigenvalue weighted by Gasteiger charge is -2.40. The normalized spacial score (nSPS) is 24.3. The first-order chi connectivity index (χ1) is 19.1. The fourth-order valence-corrected chi connectivity index (χ4v) is 7.29. The summed E-state index contributed by atoms with van der Waals surface area (Å²) in [5.41, 5.74) is 5.64. The topological polar surface area (TPSA) is 32.3 Å². The van der Waals surface area contributed by atoms with Crippen LogP contribution in [0.15, 0.2) is 66.7 Å². The van der Waals surface area contributed by atoms with Crippen LogP contribution in [0.4, 0.5) is 13.2 Å². The van der Waals surface area contributed by atoms with Gasteiger partial charge in [0.05, 0.1) is 11.0 Å². The molecule has 1 N–H and O–H groups in total. The van der Waals surface area contributed by atoms with Crippen LogP contribution in [0.2, 0.25) is 0 Å². The molecule has 1 fully saturated rings. The molecular formula is C34H37F3N2O. The molecule has 3 atom stereocenters. The van der Waals surface area contributed by atoms with Crippen LogP contribution >= 0.6 is 0 Å². The average molecular weight is 547 g/mol. The Balaban J connectivity index is 1.16. The molecule has 1 amide bonds. The standard InChI is InChI=1S/C34H37F3N2O/c1-22(2)33(32(40)39-17-15-24-8-11-28(34(35,36)37)19-27(24)21-39)16-14-29(20-33)38-31-13-10-26-18-25(9-12-30(26)31)23-6-4-3-5-7-23/h3-9,11-12,18-19,22,29,31,38H,10,13-17,20-21H2,1-2H3/t29-,31?,33+/m1/s1. The maximum Gasteiger partial charge on any atom is 0.416 e. The molecule has 3 nitrogen and oxygen atoms in total. The van der Waals surface area contributed by atoms with E-state index in [4.69, 9.17) is 0 Å². The maximum absolute atomic E-state index is 14.1. The van der Waals surface area contributed by atoms with Crippen LogP contribution in [0, 0.1) is 11.3 Å². The van der Waals surface area contributed by atoms with Crippen LogP contribution in [0.3, 0.4) is 0 Å². The number of alkyl halides is 3. The van der Waals surface area contributed by atoms with Gasteiger partial charge in [0.15, 0.2) is 0 Å². The summed E-state index contributed by atoms with van der Waals surface area (Å²) in [5.74, 6) is 0.258. The van der Waals surface area contributed by atoms with E-state index in [9.17, 15) is 18.0 Å². The Kier molecular flexibility index (Phi) is 7.02. The zero-order chi connectivity index (χ0) is 28.1. The molecule has 1 unspecified atom stereocenters. The van der Waals surface area contributed by atoms with Gasteiger partial charge in [-0.25, -0.2) is 0 Å². The minimum Gasteiger partial charge on any atom is -0.338 e. The van der Waals surface area contributed by atoms with Crippen molar-refractivity contribution < 1.29 is 18.0 Å². The Morgan fingerprint density at radius 1 is 0.925 bits per heavy atom. The molecule has 3 aromatic rings. The summed E-state index contributed by atoms with van der Waals surface area (Å²) in [6.07, 6.45) is 0.814. The van der Waals surface area contributed by atoms with Gasteiger partial charge < -0.3 is 10.2 Å². The van der Waals surface area contributed by atoms with E-state index in [1.54, 1.807) is 6.07 Å². The lowest BCUT2D eigenvalue weighted by molar-refractivity contribution is -0.145. The fraction of sp³-hybridized carbons (Fsp3) is 0.441. The number of fused-ring (bicyclic) bond motifs is 2. The zero-order valence-electron chi connectivity index (χ0n) is 23.2.